The summed E-state index contributed by atoms with van der Waals surface area (Å²) < 4.78 is 51.5. The lowest BCUT2D eigenvalue weighted by molar-refractivity contribution is -0.0432. The Hall–Kier alpha value is -1.72. The van der Waals surface area contributed by atoms with Gasteiger partial charge in [0.05, 0.1) is 12.7 Å². The number of hydrogen-bond donors (Lipinski definition) is 8. The van der Waals surface area contributed by atoms with Crippen LogP contribution in [0.1, 0.15) is 12.6 Å². The van der Waals surface area contributed by atoms with Crippen LogP contribution in [0.5, 0.6) is 0 Å². The number of aliphatic hydroxyl groups excluding tert-OH is 1. The Balaban J connectivity index is 1.72. The van der Waals surface area contributed by atoms with Crippen LogP contribution < -0.4 is 17.0 Å². The van der Waals surface area contributed by atoms with Crippen LogP contribution in [0.4, 0.5) is 5.95 Å². The smallest absolute Gasteiger partial charge is 0.390 e. The molecule has 3 heterocycles. The highest BCUT2D eigenvalue weighted by Gasteiger charge is 2.43. The van der Waals surface area contributed by atoms with Crippen LogP contribution in [0.15, 0.2) is 9.59 Å². The summed E-state index contributed by atoms with van der Waals surface area (Å²) in [5.74, 6) is -0.307. The van der Waals surface area contributed by atoms with E-state index in [9.17, 15) is 33.3 Å². The number of phosphoric ester groups is 1. The second kappa shape index (κ2) is 8.57. The molecule has 0 bridgehead atoms. The number of aliphatic hydroxyl groups is 1. The van der Waals surface area contributed by atoms with E-state index in [1.807, 2.05) is 0 Å². The molecule has 5 atom stereocenters. The third kappa shape index (κ3) is 5.79. The number of nitrogens with zero attached hydrogens (tertiary/aromatic N) is 2. The number of aromatic amines is 2. The Morgan fingerprint density at radius 2 is 1.78 bits per heavy atom. The number of fused-ring (bicyclic) bond motifs is 1. The van der Waals surface area contributed by atoms with Crippen LogP contribution in [0, 0.1) is 0 Å². The molecule has 19 nitrogen and oxygen atoms in total. The maximum atomic E-state index is 12.2. The van der Waals surface area contributed by atoms with Gasteiger partial charge >= 0.3 is 29.2 Å². The molecule has 1 fully saturated rings. The van der Waals surface area contributed by atoms with Gasteiger partial charge in [-0.05, 0) is 0 Å². The summed E-state index contributed by atoms with van der Waals surface area (Å²) >= 11 is 0. The summed E-state index contributed by atoms with van der Waals surface area (Å²) in [6, 6.07) is 0. The molecule has 22 heteroatoms. The van der Waals surface area contributed by atoms with Crippen molar-refractivity contribution in [3.8, 4) is 0 Å². The molecule has 180 valence electrons. The molecule has 1 saturated heterocycles. The van der Waals surface area contributed by atoms with Gasteiger partial charge in [-0.2, -0.15) is 13.6 Å². The van der Waals surface area contributed by atoms with Crippen LogP contribution in [0.2, 0.25) is 0 Å². The minimum Gasteiger partial charge on any atom is -0.390 e. The van der Waals surface area contributed by atoms with Gasteiger partial charge in [-0.3, -0.25) is 19.3 Å². The van der Waals surface area contributed by atoms with Gasteiger partial charge < -0.3 is 35.2 Å². The molecule has 3 unspecified atom stereocenters. The molecular formula is C10H16N5O14P3. The predicted molar refractivity (Wildman–Crippen MR) is 99.7 cm³/mol. The maximum Gasteiger partial charge on any atom is 0.490 e. The molecule has 9 N–H and O–H groups in total. The van der Waals surface area contributed by atoms with Crippen LogP contribution in [-0.4, -0.2) is 63.0 Å². The number of hydrogen-bond acceptors (Lipinski definition) is 12. The fourth-order valence-electron chi connectivity index (χ4n) is 2.79. The van der Waals surface area contributed by atoms with Crippen molar-refractivity contribution < 1.29 is 56.3 Å². The average molecular weight is 523 g/mol. The number of aromatic nitrogens is 4. The summed E-state index contributed by atoms with van der Waals surface area (Å²) in [6.45, 7) is -0.936. The van der Waals surface area contributed by atoms with E-state index in [-0.39, 0.29) is 23.5 Å². The van der Waals surface area contributed by atoms with E-state index >= 15 is 0 Å². The van der Waals surface area contributed by atoms with Crippen molar-refractivity contribution in [1.82, 2.24) is 19.5 Å². The normalized spacial score (nSPS) is 25.6. The topological polar surface area (TPSA) is 299 Å². The molecule has 2 aromatic heterocycles. The first kappa shape index (κ1) is 24.9. The average Bonchev–Trinajstić information content (AvgIpc) is 3.09. The number of rotatable bonds is 8. The number of nitrogen functional groups attached to an aromatic ring is 1. The van der Waals surface area contributed by atoms with Crippen molar-refractivity contribution in [1.29, 1.82) is 0 Å². The highest BCUT2D eigenvalue weighted by atomic mass is 31.3. The zero-order valence-corrected chi connectivity index (χ0v) is 18.1. The van der Waals surface area contributed by atoms with Crippen LogP contribution in [0.25, 0.3) is 11.2 Å². The zero-order valence-electron chi connectivity index (χ0n) is 15.4. The standard InChI is InChI=1S/C10H16N5O14P3/c11-9-13-7-6(8(17)14-9)12-10(18)15(7)5-1-3(16)4(27-5)2-26-31(22,23)29-32(24,25)28-30(19,20)21/h3-5,16H,1-2H2,(H,12,18)(H,22,23)(H,24,25)(H2,19,20,21)(H3,11,13,14,17)/t3?,4-,5-/m1/s1. The van der Waals surface area contributed by atoms with Crippen LogP contribution >= 0.6 is 23.5 Å². The number of phosphoric acid groups is 3. The Labute approximate surface area is 175 Å². The molecule has 3 rings (SSSR count). The van der Waals surface area contributed by atoms with Gasteiger partial charge in [-0.25, -0.2) is 23.1 Å². The first-order valence-corrected chi connectivity index (χ1v) is 12.7. The summed E-state index contributed by atoms with van der Waals surface area (Å²) in [5.41, 5.74) is 3.46. The highest BCUT2D eigenvalue weighted by Crippen LogP contribution is 2.66. The number of ether oxygens (including phenoxy) is 1. The lowest BCUT2D eigenvalue weighted by Crippen LogP contribution is -2.26. The second-order valence-corrected chi connectivity index (χ2v) is 10.7. The molecule has 32 heavy (non-hydrogen) atoms. The van der Waals surface area contributed by atoms with Gasteiger partial charge in [0, 0.05) is 6.42 Å². The Morgan fingerprint density at radius 3 is 2.41 bits per heavy atom. The van der Waals surface area contributed by atoms with Gasteiger partial charge in [0.15, 0.2) is 11.2 Å². The SMILES string of the molecule is Nc1nc2c([nH]c(=O)n2[C@H]2CC(O)[C@@H](COP(=O)(O)OP(=O)(O)OP(=O)(O)O)O2)c(=O)[nH]1. The van der Waals surface area contributed by atoms with Gasteiger partial charge in [0.1, 0.15) is 12.3 Å². The van der Waals surface area contributed by atoms with Crippen molar-refractivity contribution in [3.63, 3.8) is 0 Å². The molecule has 2 aromatic rings. The third-order valence-electron chi connectivity index (χ3n) is 3.91. The molecule has 0 spiro atoms. The van der Waals surface area contributed by atoms with Crippen LogP contribution in [-0.2, 0) is 31.6 Å². The summed E-state index contributed by atoms with van der Waals surface area (Å²) in [7, 11) is -16.7. The van der Waals surface area contributed by atoms with Gasteiger partial charge in [-0.1, -0.05) is 0 Å². The molecule has 0 saturated carbocycles. The van der Waals surface area contributed by atoms with Crippen molar-refractivity contribution in [3.05, 3.63) is 20.8 Å². The minimum atomic E-state index is -5.71. The number of anilines is 1. The Morgan fingerprint density at radius 1 is 1.12 bits per heavy atom. The summed E-state index contributed by atoms with van der Waals surface area (Å²) in [4.78, 5) is 67.9. The number of nitrogens with two attached hydrogens (primary N) is 1. The molecule has 1 aliphatic heterocycles. The number of imidazole rings is 1. The van der Waals surface area contributed by atoms with Gasteiger partial charge in [0.25, 0.3) is 5.56 Å². The minimum absolute atomic E-state index is 0.193. The van der Waals surface area contributed by atoms with E-state index in [4.69, 9.17) is 25.2 Å². The zero-order chi connectivity index (χ0) is 24.1. The lowest BCUT2D eigenvalue weighted by Gasteiger charge is -2.19. The first-order valence-electron chi connectivity index (χ1n) is 8.19. The second-order valence-electron chi connectivity index (χ2n) is 6.27. The van der Waals surface area contributed by atoms with Gasteiger partial charge in [-0.15, -0.1) is 0 Å². The van der Waals surface area contributed by atoms with Crippen molar-refractivity contribution in [2.75, 3.05) is 12.3 Å². The maximum absolute atomic E-state index is 12.2. The Bertz CT molecular complexity index is 1280. The highest BCUT2D eigenvalue weighted by molar-refractivity contribution is 7.66. The monoisotopic (exact) mass is 523 g/mol. The summed E-state index contributed by atoms with van der Waals surface area (Å²) in [6.07, 6.45) is -4.29. The molecular weight excluding hydrogens is 507 g/mol. The fraction of sp³-hybridized carbons (Fsp3) is 0.500. The summed E-state index contributed by atoms with van der Waals surface area (Å²) in [5, 5.41) is 10.1. The Kier molecular flexibility index (Phi) is 6.67. The van der Waals surface area contributed by atoms with E-state index in [1.54, 1.807) is 0 Å². The van der Waals surface area contributed by atoms with Crippen molar-refractivity contribution >= 4 is 40.6 Å². The van der Waals surface area contributed by atoms with E-state index < -0.39 is 59.8 Å². The van der Waals surface area contributed by atoms with Crippen LogP contribution in [0.3, 0.4) is 0 Å². The lowest BCUT2D eigenvalue weighted by atomic mass is 10.2. The first-order chi connectivity index (χ1) is 14.6. The molecule has 0 aromatic carbocycles. The van der Waals surface area contributed by atoms with E-state index in [1.165, 1.54) is 0 Å². The largest absolute Gasteiger partial charge is 0.490 e. The van der Waals surface area contributed by atoms with Crippen molar-refractivity contribution in [2.24, 2.45) is 0 Å². The number of nitrogens with one attached hydrogen (secondary N) is 2. The van der Waals surface area contributed by atoms with E-state index in [0.717, 1.165) is 4.57 Å². The fourth-order valence-corrected chi connectivity index (χ4v) is 5.82. The predicted octanol–water partition coefficient (Wildman–Crippen LogP) is -2.01. The molecule has 1 aliphatic rings. The quantitative estimate of drug-likeness (QED) is 0.173. The molecule has 0 amide bonds. The molecule has 0 radical (unpaired) electrons. The van der Waals surface area contributed by atoms with E-state index in [0.29, 0.717) is 0 Å². The van der Waals surface area contributed by atoms with Gasteiger partial charge in [0.2, 0.25) is 5.95 Å². The van der Waals surface area contributed by atoms with Crippen molar-refractivity contribution in [2.45, 2.75) is 24.9 Å². The van der Waals surface area contributed by atoms with E-state index in [2.05, 4.69) is 28.1 Å². The molecule has 0 aliphatic carbocycles. The third-order valence-corrected chi connectivity index (χ3v) is 7.71. The number of H-pyrrole nitrogens is 2.